The highest BCUT2D eigenvalue weighted by atomic mass is 19.4. The molecule has 1 aromatic carbocycles. The van der Waals surface area contributed by atoms with Crippen LogP contribution >= 0.6 is 0 Å². The molecule has 12 nitrogen and oxygen atoms in total. The van der Waals surface area contributed by atoms with Crippen molar-refractivity contribution in [1.29, 1.82) is 5.26 Å². The number of aliphatic carboxylic acids is 1. The molecule has 0 unspecified atom stereocenters. The average Bonchev–Trinajstić information content (AvgIpc) is 3.78. The molecule has 210 valence electrons. The number of alkyl halides is 3. The molecule has 0 radical (unpaired) electrons. The van der Waals surface area contributed by atoms with E-state index in [0.717, 1.165) is 49.8 Å². The van der Waals surface area contributed by atoms with Gasteiger partial charge in [-0.15, -0.1) is 15.3 Å². The van der Waals surface area contributed by atoms with Crippen molar-refractivity contribution in [3.05, 3.63) is 47.6 Å². The number of carbonyl (C=O) groups is 2. The van der Waals surface area contributed by atoms with Gasteiger partial charge >= 0.3 is 23.9 Å². The first-order chi connectivity index (χ1) is 19.1. The van der Waals surface area contributed by atoms with Crippen LogP contribution in [0.5, 0.6) is 0 Å². The molecule has 2 aromatic heterocycles. The fourth-order valence-electron chi connectivity index (χ4n) is 4.78. The molecule has 1 saturated heterocycles. The molecule has 2 atom stereocenters. The Hall–Kier alpha value is -4.32. The third kappa shape index (κ3) is 6.28. The van der Waals surface area contributed by atoms with Crippen molar-refractivity contribution in [2.75, 3.05) is 6.54 Å². The first-order valence-corrected chi connectivity index (χ1v) is 12.7. The predicted octanol–water partition coefficient (Wildman–Crippen LogP) is 2.75. The summed E-state index contributed by atoms with van der Waals surface area (Å²) in [5, 5.41) is 36.2. The van der Waals surface area contributed by atoms with E-state index in [1.807, 2.05) is 23.2 Å². The molecular formula is C25H25F3N8O4. The number of nitrogens with zero attached hydrogens (tertiary/aromatic N) is 7. The van der Waals surface area contributed by atoms with E-state index in [1.54, 1.807) is 16.9 Å². The molecule has 1 amide bonds. The van der Waals surface area contributed by atoms with Crippen LogP contribution in [0.2, 0.25) is 0 Å². The summed E-state index contributed by atoms with van der Waals surface area (Å²) in [7, 11) is 0. The normalized spacial score (nSPS) is 20.4. The lowest BCUT2D eigenvalue weighted by Gasteiger charge is -2.27. The highest BCUT2D eigenvalue weighted by Gasteiger charge is 2.43. The van der Waals surface area contributed by atoms with Crippen molar-refractivity contribution >= 4 is 11.9 Å². The maximum Gasteiger partial charge on any atom is 0.490 e. The zero-order chi connectivity index (χ0) is 28.4. The number of amides is 1. The summed E-state index contributed by atoms with van der Waals surface area (Å²) in [6, 6.07) is 8.24. The Labute approximate surface area is 225 Å². The van der Waals surface area contributed by atoms with E-state index in [1.165, 1.54) is 0 Å². The van der Waals surface area contributed by atoms with Crippen molar-refractivity contribution in [3.63, 3.8) is 0 Å². The average molecular weight is 559 g/mol. The van der Waals surface area contributed by atoms with Crippen LogP contribution in [0.3, 0.4) is 0 Å². The summed E-state index contributed by atoms with van der Waals surface area (Å²) in [6.45, 7) is 1.44. The number of halogens is 3. The lowest BCUT2D eigenvalue weighted by molar-refractivity contribution is -0.192. The highest BCUT2D eigenvalue weighted by Crippen LogP contribution is 2.44. The van der Waals surface area contributed by atoms with Crippen molar-refractivity contribution < 1.29 is 32.3 Å². The number of rotatable bonds is 7. The number of nitrogens with one attached hydrogen (secondary N) is 1. The van der Waals surface area contributed by atoms with Crippen LogP contribution in [-0.4, -0.2) is 77.9 Å². The van der Waals surface area contributed by atoms with Crippen molar-refractivity contribution in [2.45, 2.75) is 68.9 Å². The lowest BCUT2D eigenvalue weighted by atomic mass is 10.0. The molecule has 0 bridgehead atoms. The molecule has 2 saturated carbocycles. The van der Waals surface area contributed by atoms with Gasteiger partial charge in [0, 0.05) is 36.4 Å². The smallest absolute Gasteiger partial charge is 0.475 e. The van der Waals surface area contributed by atoms with E-state index in [2.05, 4.69) is 31.9 Å². The van der Waals surface area contributed by atoms with Crippen LogP contribution in [-0.2, 0) is 11.3 Å². The Kier molecular flexibility index (Phi) is 7.53. The molecule has 15 heteroatoms. The Morgan fingerprint density at radius 1 is 1.20 bits per heavy atom. The Morgan fingerprint density at radius 3 is 2.55 bits per heavy atom. The van der Waals surface area contributed by atoms with Crippen molar-refractivity contribution in [2.24, 2.45) is 0 Å². The molecule has 2 N–H and O–H groups in total. The Balaban J connectivity index is 0.000000411. The maximum atomic E-state index is 13.5. The van der Waals surface area contributed by atoms with Gasteiger partial charge in [0.25, 0.3) is 0 Å². The minimum atomic E-state index is -5.08. The van der Waals surface area contributed by atoms with Crippen LogP contribution in [0.15, 0.2) is 35.0 Å². The summed E-state index contributed by atoms with van der Waals surface area (Å²) in [5.74, 6) is -2.20. The van der Waals surface area contributed by atoms with Gasteiger partial charge < -0.3 is 19.7 Å². The van der Waals surface area contributed by atoms with Gasteiger partial charge in [-0.25, -0.2) is 4.79 Å². The van der Waals surface area contributed by atoms with Gasteiger partial charge in [0.1, 0.15) is 0 Å². The number of benzene rings is 1. The summed E-state index contributed by atoms with van der Waals surface area (Å²) < 4.78 is 39.5. The van der Waals surface area contributed by atoms with Crippen LogP contribution in [0.4, 0.5) is 13.2 Å². The number of carboxylic acid groups (broad SMARTS) is 1. The largest absolute Gasteiger partial charge is 0.490 e. The van der Waals surface area contributed by atoms with Gasteiger partial charge in [0.05, 0.1) is 24.4 Å². The zero-order valence-electron chi connectivity index (χ0n) is 21.1. The SMILES string of the molecule is N#Cc1ccc(C2CC2)c(-c2nnc(C(=O)N(C3CC3)[C@H]3CN[C@H](Cn4ccnn4)C3)o2)c1.O=C(O)C(F)(F)F. The van der Waals surface area contributed by atoms with Crippen LogP contribution in [0.25, 0.3) is 11.5 Å². The Morgan fingerprint density at radius 2 is 1.95 bits per heavy atom. The van der Waals surface area contributed by atoms with E-state index >= 15 is 0 Å². The summed E-state index contributed by atoms with van der Waals surface area (Å²) in [6.07, 6.45) is 3.47. The quantitative estimate of drug-likeness (QED) is 0.441. The molecule has 3 aromatic rings. The fourth-order valence-corrected chi connectivity index (χ4v) is 4.78. The number of hydrogen-bond donors (Lipinski definition) is 2. The number of carboxylic acids is 1. The second-order valence-electron chi connectivity index (χ2n) is 9.97. The van der Waals surface area contributed by atoms with Gasteiger partial charge in [0.15, 0.2) is 0 Å². The van der Waals surface area contributed by atoms with E-state index in [4.69, 9.17) is 14.3 Å². The number of carbonyl (C=O) groups excluding carboxylic acids is 1. The topological polar surface area (TPSA) is 163 Å². The van der Waals surface area contributed by atoms with Crippen molar-refractivity contribution in [1.82, 2.24) is 35.4 Å². The first kappa shape index (κ1) is 27.3. The van der Waals surface area contributed by atoms with Gasteiger partial charge in [-0.05, 0) is 55.7 Å². The van der Waals surface area contributed by atoms with E-state index in [-0.39, 0.29) is 29.9 Å². The zero-order valence-corrected chi connectivity index (χ0v) is 21.1. The highest BCUT2D eigenvalue weighted by molar-refractivity contribution is 5.90. The van der Waals surface area contributed by atoms with Crippen LogP contribution in [0.1, 0.15) is 59.8 Å². The maximum absolute atomic E-state index is 13.5. The second-order valence-corrected chi connectivity index (χ2v) is 9.97. The van der Waals surface area contributed by atoms with Gasteiger partial charge in [-0.3, -0.25) is 9.48 Å². The van der Waals surface area contributed by atoms with Gasteiger partial charge in [-0.2, -0.15) is 18.4 Å². The van der Waals surface area contributed by atoms with E-state index in [0.29, 0.717) is 23.9 Å². The molecule has 40 heavy (non-hydrogen) atoms. The Bertz CT molecular complexity index is 1410. The molecule has 6 rings (SSSR count). The molecular weight excluding hydrogens is 533 g/mol. The molecule has 3 heterocycles. The monoisotopic (exact) mass is 558 g/mol. The predicted molar refractivity (Wildman–Crippen MR) is 130 cm³/mol. The van der Waals surface area contributed by atoms with Crippen LogP contribution < -0.4 is 5.32 Å². The molecule has 1 aliphatic heterocycles. The summed E-state index contributed by atoms with van der Waals surface area (Å²) >= 11 is 0. The summed E-state index contributed by atoms with van der Waals surface area (Å²) in [5.41, 5.74) is 2.40. The van der Waals surface area contributed by atoms with Crippen molar-refractivity contribution in [3.8, 4) is 17.5 Å². The molecule has 2 aliphatic carbocycles. The third-order valence-electron chi connectivity index (χ3n) is 6.93. The summed E-state index contributed by atoms with van der Waals surface area (Å²) in [4.78, 5) is 24.3. The third-order valence-corrected chi connectivity index (χ3v) is 6.93. The van der Waals surface area contributed by atoms with E-state index in [9.17, 15) is 23.2 Å². The molecule has 3 fully saturated rings. The van der Waals surface area contributed by atoms with E-state index < -0.39 is 12.1 Å². The van der Waals surface area contributed by atoms with Gasteiger partial charge in [0.2, 0.25) is 5.89 Å². The second kappa shape index (κ2) is 11.0. The van der Waals surface area contributed by atoms with Crippen LogP contribution in [0, 0.1) is 11.3 Å². The minimum Gasteiger partial charge on any atom is -0.475 e. The number of hydrogen-bond acceptors (Lipinski definition) is 9. The fraction of sp³-hybridized carbons (Fsp3) is 0.480. The minimum absolute atomic E-state index is 0.0146. The first-order valence-electron chi connectivity index (χ1n) is 12.7. The molecule has 3 aliphatic rings. The standard InChI is InChI=1S/C23H24N8O2.C2HF3O2/c24-11-14-1-6-19(15-2-3-15)20(9-14)21-27-28-22(33-21)23(32)31(17-4-5-17)18-10-16(25-12-18)13-30-8-7-26-29-30;3-2(4,5)1(6)7/h1,6-9,15-18,25H,2-5,10,12-13H2;(H,6,7)/t16-,18+;/m0./s1. The number of aromatic nitrogens is 5. The van der Waals surface area contributed by atoms with Gasteiger partial charge in [-0.1, -0.05) is 11.3 Å². The number of nitriles is 1. The molecule has 0 spiro atoms. The lowest BCUT2D eigenvalue weighted by Crippen LogP contribution is -2.43.